The molecular formula is C15H10FNO2. The van der Waals surface area contributed by atoms with E-state index in [-0.39, 0.29) is 12.2 Å². The lowest BCUT2D eigenvalue weighted by molar-refractivity contribution is 0.111. The number of hydrogen-bond acceptors (Lipinski definition) is 3. The zero-order chi connectivity index (χ0) is 13.7. The average molecular weight is 255 g/mol. The minimum absolute atomic E-state index is 0.0234. The highest BCUT2D eigenvalue weighted by atomic mass is 19.1. The van der Waals surface area contributed by atoms with Gasteiger partial charge < -0.3 is 4.74 Å². The highest BCUT2D eigenvalue weighted by Gasteiger charge is 2.05. The number of nitriles is 1. The van der Waals surface area contributed by atoms with Crippen LogP contribution in [0.4, 0.5) is 4.39 Å². The Labute approximate surface area is 109 Å². The molecule has 2 aromatic rings. The van der Waals surface area contributed by atoms with Gasteiger partial charge in [-0.2, -0.15) is 5.26 Å². The van der Waals surface area contributed by atoms with Crippen molar-refractivity contribution in [2.75, 3.05) is 0 Å². The highest BCUT2D eigenvalue weighted by Crippen LogP contribution is 2.18. The Balaban J connectivity index is 2.15. The van der Waals surface area contributed by atoms with E-state index in [0.29, 0.717) is 23.2 Å². The molecule has 0 bridgehead atoms. The monoisotopic (exact) mass is 255 g/mol. The van der Waals surface area contributed by atoms with Crippen LogP contribution in [0.5, 0.6) is 5.75 Å². The topological polar surface area (TPSA) is 50.1 Å². The highest BCUT2D eigenvalue weighted by molar-refractivity contribution is 5.79. The van der Waals surface area contributed by atoms with Crippen molar-refractivity contribution in [3.8, 4) is 11.8 Å². The predicted octanol–water partition coefficient (Wildman–Crippen LogP) is 3.09. The van der Waals surface area contributed by atoms with Gasteiger partial charge in [0.15, 0.2) is 6.29 Å². The summed E-state index contributed by atoms with van der Waals surface area (Å²) in [5.41, 5.74) is 1.09. The van der Waals surface area contributed by atoms with Gasteiger partial charge in [-0.1, -0.05) is 18.2 Å². The molecular weight excluding hydrogens is 245 g/mol. The largest absolute Gasteiger partial charge is 0.488 e. The molecule has 0 fully saturated rings. The molecule has 0 aliphatic heterocycles. The lowest BCUT2D eigenvalue weighted by Crippen LogP contribution is -1.99. The second-order valence-corrected chi connectivity index (χ2v) is 3.87. The molecule has 0 radical (unpaired) electrons. The van der Waals surface area contributed by atoms with Crippen molar-refractivity contribution < 1.29 is 13.9 Å². The van der Waals surface area contributed by atoms with Crippen molar-refractivity contribution in [3.63, 3.8) is 0 Å². The lowest BCUT2D eigenvalue weighted by Gasteiger charge is -2.08. The first kappa shape index (κ1) is 12.8. The Kier molecular flexibility index (Phi) is 3.89. The van der Waals surface area contributed by atoms with Gasteiger partial charge in [-0.3, -0.25) is 4.79 Å². The first-order chi connectivity index (χ1) is 9.24. The normalized spacial score (nSPS) is 9.68. The maximum absolute atomic E-state index is 13.1. The van der Waals surface area contributed by atoms with Crippen molar-refractivity contribution >= 4 is 6.29 Å². The molecule has 0 saturated carbocycles. The van der Waals surface area contributed by atoms with E-state index in [4.69, 9.17) is 10.00 Å². The van der Waals surface area contributed by atoms with Gasteiger partial charge in [0.05, 0.1) is 11.1 Å². The van der Waals surface area contributed by atoms with E-state index in [2.05, 4.69) is 0 Å². The second-order valence-electron chi connectivity index (χ2n) is 3.87. The summed E-state index contributed by atoms with van der Waals surface area (Å²) in [6.07, 6.45) is 0.709. The summed E-state index contributed by atoms with van der Waals surface area (Å²) < 4.78 is 18.6. The summed E-state index contributed by atoms with van der Waals surface area (Å²) in [6.45, 7) is 0.166. The van der Waals surface area contributed by atoms with Crippen molar-refractivity contribution in [1.29, 1.82) is 5.26 Å². The first-order valence-electron chi connectivity index (χ1n) is 5.60. The van der Waals surface area contributed by atoms with Crippen molar-refractivity contribution in [2.24, 2.45) is 0 Å². The lowest BCUT2D eigenvalue weighted by atomic mass is 10.1. The van der Waals surface area contributed by atoms with Crippen molar-refractivity contribution in [1.82, 2.24) is 0 Å². The molecule has 0 aliphatic carbocycles. The number of ether oxygens (including phenoxy) is 1. The van der Waals surface area contributed by atoms with Gasteiger partial charge in [0, 0.05) is 0 Å². The van der Waals surface area contributed by atoms with Gasteiger partial charge in [0.25, 0.3) is 0 Å². The number of rotatable bonds is 4. The van der Waals surface area contributed by atoms with Crippen LogP contribution in [-0.4, -0.2) is 6.29 Å². The number of nitrogens with zero attached hydrogens (tertiary/aromatic N) is 1. The SMILES string of the molecule is N#Cc1cc(COc2ccccc2C=O)ccc1F. The molecule has 2 aromatic carbocycles. The van der Waals surface area contributed by atoms with Crippen LogP contribution in [0.15, 0.2) is 42.5 Å². The predicted molar refractivity (Wildman–Crippen MR) is 67.3 cm³/mol. The smallest absolute Gasteiger partial charge is 0.153 e. The average Bonchev–Trinajstić information content (AvgIpc) is 2.46. The van der Waals surface area contributed by atoms with E-state index in [9.17, 15) is 9.18 Å². The van der Waals surface area contributed by atoms with Crippen LogP contribution in [0.1, 0.15) is 21.5 Å². The van der Waals surface area contributed by atoms with Crippen molar-refractivity contribution in [2.45, 2.75) is 6.61 Å². The number of para-hydroxylation sites is 1. The zero-order valence-corrected chi connectivity index (χ0v) is 9.97. The van der Waals surface area contributed by atoms with E-state index < -0.39 is 5.82 Å². The summed E-state index contributed by atoms with van der Waals surface area (Å²) in [6, 6.07) is 12.8. The molecule has 3 nitrogen and oxygen atoms in total. The van der Waals surface area contributed by atoms with Gasteiger partial charge in [-0.05, 0) is 29.8 Å². The van der Waals surface area contributed by atoms with Crippen LogP contribution in [0.2, 0.25) is 0 Å². The molecule has 0 aliphatic rings. The number of carbonyl (C=O) groups is 1. The van der Waals surface area contributed by atoms with E-state index in [1.54, 1.807) is 36.4 Å². The molecule has 0 unspecified atom stereocenters. The summed E-state index contributed by atoms with van der Waals surface area (Å²) in [4.78, 5) is 10.8. The number of benzene rings is 2. The molecule has 94 valence electrons. The Morgan fingerprint density at radius 3 is 2.79 bits per heavy atom. The van der Waals surface area contributed by atoms with E-state index in [1.165, 1.54) is 12.1 Å². The standard InChI is InChI=1S/C15H10FNO2/c16-14-6-5-11(7-13(14)8-17)10-19-15-4-2-1-3-12(15)9-18/h1-7,9H,10H2. The van der Waals surface area contributed by atoms with E-state index in [0.717, 1.165) is 0 Å². The van der Waals surface area contributed by atoms with Crippen LogP contribution < -0.4 is 4.74 Å². The molecule has 4 heteroatoms. The first-order valence-corrected chi connectivity index (χ1v) is 5.60. The van der Waals surface area contributed by atoms with Crippen LogP contribution in [0.3, 0.4) is 0 Å². The molecule has 0 heterocycles. The molecule has 0 amide bonds. The fourth-order valence-electron chi connectivity index (χ4n) is 1.62. The van der Waals surface area contributed by atoms with E-state index >= 15 is 0 Å². The fraction of sp³-hybridized carbons (Fsp3) is 0.0667. The Morgan fingerprint density at radius 1 is 1.26 bits per heavy atom. The fourth-order valence-corrected chi connectivity index (χ4v) is 1.62. The van der Waals surface area contributed by atoms with Gasteiger partial charge in [-0.15, -0.1) is 0 Å². The minimum atomic E-state index is -0.556. The van der Waals surface area contributed by atoms with E-state index in [1.807, 2.05) is 0 Å². The molecule has 0 N–H and O–H groups in total. The number of hydrogen-bond donors (Lipinski definition) is 0. The molecule has 0 spiro atoms. The molecule has 2 rings (SSSR count). The van der Waals surface area contributed by atoms with Crippen LogP contribution in [0, 0.1) is 17.1 Å². The molecule has 0 saturated heterocycles. The van der Waals surface area contributed by atoms with Crippen LogP contribution >= 0.6 is 0 Å². The molecule has 0 atom stereocenters. The third-order valence-corrected chi connectivity index (χ3v) is 2.59. The van der Waals surface area contributed by atoms with Crippen molar-refractivity contribution in [3.05, 3.63) is 65.0 Å². The summed E-state index contributed by atoms with van der Waals surface area (Å²) in [5.74, 6) is -0.0973. The molecule has 19 heavy (non-hydrogen) atoms. The number of halogens is 1. The summed E-state index contributed by atoms with van der Waals surface area (Å²) >= 11 is 0. The Hall–Kier alpha value is -2.67. The zero-order valence-electron chi connectivity index (χ0n) is 9.97. The van der Waals surface area contributed by atoms with Gasteiger partial charge in [0.2, 0.25) is 0 Å². The van der Waals surface area contributed by atoms with Crippen LogP contribution in [-0.2, 0) is 6.61 Å². The molecule has 0 aromatic heterocycles. The Bertz CT molecular complexity index is 647. The van der Waals surface area contributed by atoms with Gasteiger partial charge >= 0.3 is 0 Å². The number of aldehydes is 1. The minimum Gasteiger partial charge on any atom is -0.488 e. The van der Waals surface area contributed by atoms with Gasteiger partial charge in [0.1, 0.15) is 24.2 Å². The second kappa shape index (κ2) is 5.78. The van der Waals surface area contributed by atoms with Crippen LogP contribution in [0.25, 0.3) is 0 Å². The Morgan fingerprint density at radius 2 is 2.05 bits per heavy atom. The quantitative estimate of drug-likeness (QED) is 0.789. The third-order valence-electron chi connectivity index (χ3n) is 2.59. The van der Waals surface area contributed by atoms with Gasteiger partial charge in [-0.25, -0.2) is 4.39 Å². The summed E-state index contributed by atoms with van der Waals surface area (Å²) in [5, 5.41) is 8.73. The maximum atomic E-state index is 13.1. The number of carbonyl (C=O) groups excluding carboxylic acids is 1. The summed E-state index contributed by atoms with van der Waals surface area (Å²) in [7, 11) is 0. The maximum Gasteiger partial charge on any atom is 0.153 e. The third kappa shape index (κ3) is 2.96.